The molecule has 2 heterocycles. The largest absolute Gasteiger partial charge is 0.467 e. The molecule has 0 radical (unpaired) electrons. The molecule has 7 nitrogen and oxygen atoms in total. The van der Waals surface area contributed by atoms with Crippen LogP contribution in [0.1, 0.15) is 16.1 Å². The summed E-state index contributed by atoms with van der Waals surface area (Å²) in [7, 11) is -3.70. The third-order valence-electron chi connectivity index (χ3n) is 4.08. The van der Waals surface area contributed by atoms with Crippen molar-refractivity contribution in [2.24, 2.45) is 5.73 Å². The lowest BCUT2D eigenvalue weighted by Gasteiger charge is -2.33. The fourth-order valence-corrected chi connectivity index (χ4v) is 4.09. The van der Waals surface area contributed by atoms with Crippen molar-refractivity contribution in [3.8, 4) is 0 Å². The Hall–Kier alpha value is -1.94. The van der Waals surface area contributed by atoms with Crippen molar-refractivity contribution in [2.75, 3.05) is 26.2 Å². The molecule has 2 N–H and O–H groups in total. The molecule has 0 unspecified atom stereocenters. The summed E-state index contributed by atoms with van der Waals surface area (Å²) in [4.78, 5) is 14.0. The SMILES string of the molecule is Cl.NCc1cc(C(=O)N2CCN(S(=O)(=O)c3ccc(F)cc3)CC2)co1. The highest BCUT2D eigenvalue weighted by molar-refractivity contribution is 7.89. The number of halogens is 2. The molecule has 1 aliphatic rings. The van der Waals surface area contributed by atoms with Crippen molar-refractivity contribution in [1.82, 2.24) is 9.21 Å². The molecule has 0 spiro atoms. The first-order valence-corrected chi connectivity index (χ1v) is 9.18. The second-order valence-electron chi connectivity index (χ2n) is 5.66. The minimum absolute atomic E-state index is 0. The first-order valence-electron chi connectivity index (χ1n) is 7.74. The van der Waals surface area contributed by atoms with Crippen LogP contribution in [0.15, 0.2) is 45.9 Å². The van der Waals surface area contributed by atoms with E-state index in [0.29, 0.717) is 11.3 Å². The summed E-state index contributed by atoms with van der Waals surface area (Å²) in [5.74, 6) is -0.200. The number of piperazine rings is 1. The highest BCUT2D eigenvalue weighted by Crippen LogP contribution is 2.19. The first-order chi connectivity index (χ1) is 11.9. The maximum Gasteiger partial charge on any atom is 0.257 e. The molecule has 142 valence electrons. The zero-order valence-corrected chi connectivity index (χ0v) is 15.4. The second-order valence-corrected chi connectivity index (χ2v) is 7.59. The average Bonchev–Trinajstić information content (AvgIpc) is 3.11. The number of hydrogen-bond donors (Lipinski definition) is 1. The van der Waals surface area contributed by atoms with E-state index in [1.54, 1.807) is 11.0 Å². The van der Waals surface area contributed by atoms with Crippen molar-refractivity contribution in [1.29, 1.82) is 0 Å². The van der Waals surface area contributed by atoms with Crippen LogP contribution in [0.4, 0.5) is 4.39 Å². The summed E-state index contributed by atoms with van der Waals surface area (Å²) in [6.45, 7) is 1.09. The number of nitrogens with two attached hydrogens (primary N) is 1. The number of nitrogens with zero attached hydrogens (tertiary/aromatic N) is 2. The summed E-state index contributed by atoms with van der Waals surface area (Å²) in [5, 5.41) is 0. The van der Waals surface area contributed by atoms with Gasteiger partial charge in [-0.2, -0.15) is 4.31 Å². The van der Waals surface area contributed by atoms with Crippen molar-refractivity contribution >= 4 is 28.3 Å². The van der Waals surface area contributed by atoms with Crippen LogP contribution >= 0.6 is 12.4 Å². The Morgan fingerprint density at radius 3 is 2.31 bits per heavy atom. The average molecular weight is 404 g/mol. The van der Waals surface area contributed by atoms with E-state index < -0.39 is 15.8 Å². The molecule has 26 heavy (non-hydrogen) atoms. The molecule has 0 saturated carbocycles. The lowest BCUT2D eigenvalue weighted by molar-refractivity contribution is 0.0697. The Kier molecular flexibility index (Phi) is 6.40. The Morgan fingerprint density at radius 2 is 1.77 bits per heavy atom. The number of sulfonamides is 1. The molecule has 1 fully saturated rings. The van der Waals surface area contributed by atoms with Gasteiger partial charge in [-0.1, -0.05) is 0 Å². The van der Waals surface area contributed by atoms with Gasteiger partial charge in [-0.25, -0.2) is 12.8 Å². The van der Waals surface area contributed by atoms with Gasteiger partial charge in [0.2, 0.25) is 10.0 Å². The number of hydrogen-bond acceptors (Lipinski definition) is 5. The van der Waals surface area contributed by atoms with Crippen LogP contribution < -0.4 is 5.73 Å². The molecule has 10 heteroatoms. The van der Waals surface area contributed by atoms with Crippen LogP contribution in [0.5, 0.6) is 0 Å². The Bertz CT molecular complexity index is 862. The van der Waals surface area contributed by atoms with Crippen LogP contribution in [-0.2, 0) is 16.6 Å². The summed E-state index contributed by atoms with van der Waals surface area (Å²) >= 11 is 0. The van der Waals surface area contributed by atoms with Crippen LogP contribution in [-0.4, -0.2) is 49.7 Å². The number of carbonyl (C=O) groups is 1. The van der Waals surface area contributed by atoms with Gasteiger partial charge in [0.25, 0.3) is 5.91 Å². The lowest BCUT2D eigenvalue weighted by Crippen LogP contribution is -2.50. The van der Waals surface area contributed by atoms with Gasteiger partial charge in [-0.15, -0.1) is 12.4 Å². The van der Waals surface area contributed by atoms with E-state index in [1.807, 2.05) is 0 Å². The third kappa shape index (κ3) is 4.07. The van der Waals surface area contributed by atoms with Gasteiger partial charge in [-0.3, -0.25) is 4.79 Å². The predicted molar refractivity (Wildman–Crippen MR) is 94.9 cm³/mol. The Labute approximate surface area is 157 Å². The number of benzene rings is 1. The van der Waals surface area contributed by atoms with E-state index in [9.17, 15) is 17.6 Å². The van der Waals surface area contributed by atoms with E-state index >= 15 is 0 Å². The van der Waals surface area contributed by atoms with Crippen molar-refractivity contribution < 1.29 is 22.0 Å². The highest BCUT2D eigenvalue weighted by Gasteiger charge is 2.30. The normalized spacial score (nSPS) is 15.5. The van der Waals surface area contributed by atoms with Crippen LogP contribution in [0.2, 0.25) is 0 Å². The number of furan rings is 1. The molecular formula is C16H19ClFN3O4S. The number of rotatable bonds is 4. The van der Waals surface area contributed by atoms with Gasteiger partial charge in [0, 0.05) is 26.2 Å². The maximum absolute atomic E-state index is 13.0. The Balaban J connectivity index is 0.00000243. The molecule has 3 rings (SSSR count). The molecule has 1 aromatic carbocycles. The molecule has 0 atom stereocenters. The van der Waals surface area contributed by atoms with Gasteiger partial charge in [0.15, 0.2) is 0 Å². The molecule has 1 aliphatic heterocycles. The van der Waals surface area contributed by atoms with Gasteiger partial charge in [0.1, 0.15) is 17.8 Å². The fourth-order valence-electron chi connectivity index (χ4n) is 2.67. The summed E-state index contributed by atoms with van der Waals surface area (Å²) in [5.41, 5.74) is 5.86. The van der Waals surface area contributed by atoms with Gasteiger partial charge in [0.05, 0.1) is 17.0 Å². The van der Waals surface area contributed by atoms with Crippen LogP contribution in [0.3, 0.4) is 0 Å². The first kappa shape index (κ1) is 20.4. The predicted octanol–water partition coefficient (Wildman–Crippen LogP) is 1.45. The van der Waals surface area contributed by atoms with Crippen molar-refractivity contribution in [2.45, 2.75) is 11.4 Å². The zero-order chi connectivity index (χ0) is 18.0. The number of amides is 1. The molecule has 1 amide bonds. The summed E-state index contributed by atoms with van der Waals surface area (Å²) in [6.07, 6.45) is 1.35. The minimum Gasteiger partial charge on any atom is -0.467 e. The van der Waals surface area contributed by atoms with Gasteiger partial charge >= 0.3 is 0 Å². The van der Waals surface area contributed by atoms with Crippen molar-refractivity contribution in [3.63, 3.8) is 0 Å². The smallest absolute Gasteiger partial charge is 0.257 e. The second kappa shape index (κ2) is 8.17. The van der Waals surface area contributed by atoms with Crippen LogP contribution in [0, 0.1) is 5.82 Å². The molecular weight excluding hydrogens is 385 g/mol. The summed E-state index contributed by atoms with van der Waals surface area (Å²) in [6, 6.07) is 6.29. The topological polar surface area (TPSA) is 96.9 Å². The number of carbonyl (C=O) groups excluding carboxylic acids is 1. The quantitative estimate of drug-likeness (QED) is 0.833. The lowest BCUT2D eigenvalue weighted by atomic mass is 10.2. The van der Waals surface area contributed by atoms with Gasteiger partial charge in [-0.05, 0) is 30.3 Å². The summed E-state index contributed by atoms with van der Waals surface area (Å²) < 4.78 is 44.5. The molecule has 0 aliphatic carbocycles. The minimum atomic E-state index is -3.70. The third-order valence-corrected chi connectivity index (χ3v) is 5.99. The van der Waals surface area contributed by atoms with E-state index in [1.165, 1.54) is 22.7 Å². The van der Waals surface area contributed by atoms with Crippen LogP contribution in [0.25, 0.3) is 0 Å². The van der Waals surface area contributed by atoms with Gasteiger partial charge < -0.3 is 15.1 Å². The van der Waals surface area contributed by atoms with E-state index in [2.05, 4.69) is 0 Å². The zero-order valence-electron chi connectivity index (χ0n) is 13.8. The molecule has 2 aromatic rings. The molecule has 1 aromatic heterocycles. The van der Waals surface area contributed by atoms with Crippen molar-refractivity contribution in [3.05, 3.63) is 53.7 Å². The standard InChI is InChI=1S/C16H18FN3O4S.ClH/c17-13-1-3-15(4-2-13)25(22,23)20-7-5-19(6-8-20)16(21)12-9-14(10-18)24-11-12;/h1-4,9,11H,5-8,10,18H2;1H. The van der Waals surface area contributed by atoms with E-state index in [0.717, 1.165) is 12.1 Å². The highest BCUT2D eigenvalue weighted by atomic mass is 35.5. The maximum atomic E-state index is 13.0. The Morgan fingerprint density at radius 1 is 1.15 bits per heavy atom. The van der Waals surface area contributed by atoms with E-state index in [-0.39, 0.29) is 55.9 Å². The molecule has 1 saturated heterocycles. The monoisotopic (exact) mass is 403 g/mol. The molecule has 0 bridgehead atoms. The fraction of sp³-hybridized carbons (Fsp3) is 0.312. The van der Waals surface area contributed by atoms with E-state index in [4.69, 9.17) is 10.2 Å².